The van der Waals surface area contributed by atoms with Crippen LogP contribution in [0.15, 0.2) is 6.07 Å². The maximum atomic E-state index is 13.1. The smallest absolute Gasteiger partial charge is 0.258 e. The zero-order chi connectivity index (χ0) is 10.9. The lowest BCUT2D eigenvalue weighted by Crippen LogP contribution is -2.01. The molecular formula is C8H4F2N2O2. The van der Waals surface area contributed by atoms with E-state index in [4.69, 9.17) is 5.26 Å². The number of nitrogens with zero attached hydrogens (tertiary/aromatic N) is 2. The van der Waals surface area contributed by atoms with E-state index in [1.807, 2.05) is 0 Å². The lowest BCUT2D eigenvalue weighted by atomic mass is 10.1. The van der Waals surface area contributed by atoms with E-state index < -0.39 is 33.4 Å². The van der Waals surface area contributed by atoms with Gasteiger partial charge in [0, 0.05) is 0 Å². The quantitative estimate of drug-likeness (QED) is 0.512. The van der Waals surface area contributed by atoms with E-state index in [9.17, 15) is 18.9 Å². The van der Waals surface area contributed by atoms with Gasteiger partial charge in [0.2, 0.25) is 5.82 Å². The van der Waals surface area contributed by atoms with E-state index in [-0.39, 0.29) is 0 Å². The highest BCUT2D eigenvalue weighted by atomic mass is 19.1. The molecule has 1 aromatic rings. The molecule has 14 heavy (non-hydrogen) atoms. The van der Waals surface area contributed by atoms with Crippen LogP contribution in [0.25, 0.3) is 0 Å². The van der Waals surface area contributed by atoms with Crippen molar-refractivity contribution in [1.29, 1.82) is 5.26 Å². The molecule has 0 saturated heterocycles. The van der Waals surface area contributed by atoms with Crippen molar-refractivity contribution < 1.29 is 13.7 Å². The first-order valence-electron chi connectivity index (χ1n) is 3.52. The van der Waals surface area contributed by atoms with Gasteiger partial charge in [-0.1, -0.05) is 0 Å². The molecule has 0 bridgehead atoms. The topological polar surface area (TPSA) is 66.9 Å². The van der Waals surface area contributed by atoms with Crippen LogP contribution in [0.1, 0.15) is 11.1 Å². The molecule has 0 spiro atoms. The first kappa shape index (κ1) is 10.1. The standard InChI is InChI=1S/C8H4F2N2O2/c1-4-6(9)2-5(3-11)7(10)8(4)12(13)14/h2H,1H3. The molecule has 0 heterocycles. The van der Waals surface area contributed by atoms with Crippen LogP contribution in [0, 0.1) is 40.0 Å². The van der Waals surface area contributed by atoms with E-state index in [2.05, 4.69) is 0 Å². The van der Waals surface area contributed by atoms with E-state index >= 15 is 0 Å². The van der Waals surface area contributed by atoms with E-state index in [0.29, 0.717) is 6.07 Å². The fourth-order valence-electron chi connectivity index (χ4n) is 1.00. The van der Waals surface area contributed by atoms with E-state index in [1.54, 1.807) is 0 Å². The van der Waals surface area contributed by atoms with Crippen LogP contribution in [0.5, 0.6) is 0 Å². The van der Waals surface area contributed by atoms with Gasteiger partial charge in [-0.25, -0.2) is 4.39 Å². The molecule has 1 aromatic carbocycles. The summed E-state index contributed by atoms with van der Waals surface area (Å²) >= 11 is 0. The van der Waals surface area contributed by atoms with Gasteiger partial charge >= 0.3 is 5.69 Å². The number of hydrogen-bond donors (Lipinski definition) is 0. The average molecular weight is 198 g/mol. The number of halogens is 2. The molecule has 0 atom stereocenters. The third-order valence-electron chi connectivity index (χ3n) is 1.73. The Morgan fingerprint density at radius 1 is 1.57 bits per heavy atom. The molecule has 0 aliphatic heterocycles. The Labute approximate surface area is 77.5 Å². The monoisotopic (exact) mass is 198 g/mol. The summed E-state index contributed by atoms with van der Waals surface area (Å²) in [5.41, 5.74) is -2.06. The Balaban J connectivity index is 3.63. The Morgan fingerprint density at radius 2 is 2.14 bits per heavy atom. The summed E-state index contributed by atoms with van der Waals surface area (Å²) < 4.78 is 26.1. The minimum atomic E-state index is -1.30. The number of nitro groups is 1. The van der Waals surface area contributed by atoms with Gasteiger partial charge in [0.15, 0.2) is 0 Å². The zero-order valence-corrected chi connectivity index (χ0v) is 7.04. The van der Waals surface area contributed by atoms with Crippen LogP contribution >= 0.6 is 0 Å². The SMILES string of the molecule is Cc1c(F)cc(C#N)c(F)c1[N+](=O)[O-]. The Kier molecular flexibility index (Phi) is 2.42. The molecule has 6 heteroatoms. The molecule has 4 nitrogen and oxygen atoms in total. The van der Waals surface area contributed by atoms with Crippen molar-refractivity contribution in [3.63, 3.8) is 0 Å². The van der Waals surface area contributed by atoms with Gasteiger partial charge in [0.25, 0.3) is 0 Å². The molecule has 0 saturated carbocycles. The number of nitro benzene ring substituents is 1. The first-order valence-corrected chi connectivity index (χ1v) is 3.52. The second-order valence-electron chi connectivity index (χ2n) is 2.56. The fourth-order valence-corrected chi connectivity index (χ4v) is 1.00. The summed E-state index contributed by atoms with van der Waals surface area (Å²) in [7, 11) is 0. The molecule has 0 aliphatic rings. The van der Waals surface area contributed by atoms with E-state index in [0.717, 1.165) is 6.92 Å². The van der Waals surface area contributed by atoms with Crippen molar-refractivity contribution in [2.24, 2.45) is 0 Å². The number of nitriles is 1. The number of rotatable bonds is 1. The van der Waals surface area contributed by atoms with Gasteiger partial charge in [-0.05, 0) is 13.0 Å². The summed E-state index contributed by atoms with van der Waals surface area (Å²) in [5, 5.41) is 18.7. The maximum Gasteiger partial charge on any atom is 0.311 e. The van der Waals surface area contributed by atoms with Gasteiger partial charge in [-0.3, -0.25) is 10.1 Å². The predicted molar refractivity (Wildman–Crippen MR) is 42.5 cm³/mol. The van der Waals surface area contributed by atoms with Crippen LogP contribution in [0.3, 0.4) is 0 Å². The van der Waals surface area contributed by atoms with Crippen molar-refractivity contribution in [2.45, 2.75) is 6.92 Å². The van der Waals surface area contributed by atoms with Crippen molar-refractivity contribution in [1.82, 2.24) is 0 Å². The first-order chi connectivity index (χ1) is 6.49. The van der Waals surface area contributed by atoms with Gasteiger partial charge in [-0.2, -0.15) is 9.65 Å². The summed E-state index contributed by atoms with van der Waals surface area (Å²) in [6.45, 7) is 1.08. The van der Waals surface area contributed by atoms with E-state index in [1.165, 1.54) is 6.07 Å². The molecular weight excluding hydrogens is 194 g/mol. The molecule has 1 rings (SSSR count). The minimum Gasteiger partial charge on any atom is -0.258 e. The summed E-state index contributed by atoms with van der Waals surface area (Å²) in [6.07, 6.45) is 0. The molecule has 0 unspecified atom stereocenters. The molecule has 0 aliphatic carbocycles. The molecule has 0 radical (unpaired) electrons. The van der Waals surface area contributed by atoms with Crippen molar-refractivity contribution >= 4 is 5.69 Å². The summed E-state index contributed by atoms with van der Waals surface area (Å²) in [5.74, 6) is -2.26. The highest BCUT2D eigenvalue weighted by molar-refractivity contribution is 5.49. The van der Waals surface area contributed by atoms with Crippen molar-refractivity contribution in [3.8, 4) is 6.07 Å². The molecule has 0 fully saturated rings. The Hall–Kier alpha value is -2.03. The third kappa shape index (κ3) is 1.40. The maximum absolute atomic E-state index is 13.1. The predicted octanol–water partition coefficient (Wildman–Crippen LogP) is 2.05. The highest BCUT2D eigenvalue weighted by Crippen LogP contribution is 2.26. The largest absolute Gasteiger partial charge is 0.311 e. The number of benzene rings is 1. The summed E-state index contributed by atoms with van der Waals surface area (Å²) in [6, 6.07) is 1.98. The fraction of sp³-hybridized carbons (Fsp3) is 0.125. The van der Waals surface area contributed by atoms with Crippen molar-refractivity contribution in [3.05, 3.63) is 38.9 Å². The highest BCUT2D eigenvalue weighted by Gasteiger charge is 2.24. The Bertz CT molecular complexity index is 452. The number of hydrogen-bond acceptors (Lipinski definition) is 3. The lowest BCUT2D eigenvalue weighted by molar-refractivity contribution is -0.388. The molecule has 72 valence electrons. The molecule has 0 amide bonds. The second-order valence-corrected chi connectivity index (χ2v) is 2.56. The van der Waals surface area contributed by atoms with Crippen LogP contribution in [-0.2, 0) is 0 Å². The normalized spacial score (nSPS) is 9.57. The van der Waals surface area contributed by atoms with Gasteiger partial charge in [-0.15, -0.1) is 0 Å². The van der Waals surface area contributed by atoms with Gasteiger partial charge in [0.1, 0.15) is 11.9 Å². The third-order valence-corrected chi connectivity index (χ3v) is 1.73. The molecule has 0 N–H and O–H groups in total. The van der Waals surface area contributed by atoms with Crippen LogP contribution in [0.2, 0.25) is 0 Å². The van der Waals surface area contributed by atoms with Crippen LogP contribution < -0.4 is 0 Å². The van der Waals surface area contributed by atoms with Crippen LogP contribution in [-0.4, -0.2) is 4.92 Å². The van der Waals surface area contributed by atoms with Gasteiger partial charge in [0.05, 0.1) is 16.1 Å². The minimum absolute atomic E-state index is 0.411. The zero-order valence-electron chi connectivity index (χ0n) is 7.04. The summed E-state index contributed by atoms with van der Waals surface area (Å²) in [4.78, 5) is 9.31. The lowest BCUT2D eigenvalue weighted by Gasteiger charge is -2.01. The second kappa shape index (κ2) is 3.38. The molecule has 0 aromatic heterocycles. The average Bonchev–Trinajstić information content (AvgIpc) is 2.11. The van der Waals surface area contributed by atoms with Gasteiger partial charge < -0.3 is 0 Å². The van der Waals surface area contributed by atoms with Crippen molar-refractivity contribution in [2.75, 3.05) is 0 Å². The van der Waals surface area contributed by atoms with Crippen LogP contribution in [0.4, 0.5) is 14.5 Å². The Morgan fingerprint density at radius 3 is 2.57 bits per heavy atom.